The lowest BCUT2D eigenvalue weighted by Crippen LogP contribution is -2.38. The highest BCUT2D eigenvalue weighted by Crippen LogP contribution is 2.49. The zero-order chi connectivity index (χ0) is 13.5. The Hall–Kier alpha value is -0.820. The van der Waals surface area contributed by atoms with E-state index in [4.69, 9.17) is 33.0 Å². The molecule has 1 aliphatic heterocycles. The largest absolute Gasteiger partial charge is 0.394 e. The number of ether oxygens (including phenoxy) is 1. The second kappa shape index (κ2) is 4.70. The van der Waals surface area contributed by atoms with Gasteiger partial charge in [-0.3, -0.25) is 14.3 Å². The molecule has 1 aliphatic rings. The van der Waals surface area contributed by atoms with Gasteiger partial charge in [0.05, 0.1) is 12.7 Å². The van der Waals surface area contributed by atoms with Gasteiger partial charge in [0.1, 0.15) is 0 Å². The zero-order valence-corrected chi connectivity index (χ0v) is 11.0. The number of aliphatic hydroxyl groups is 1. The SMILES string of the molecule is C[C@@H]1[C@@H](CO)O[C@@H](n2ccc(=O)[nH]c2=O)C1(Cl)Cl. The summed E-state index contributed by atoms with van der Waals surface area (Å²) in [5.41, 5.74) is -1.18. The molecule has 1 saturated heterocycles. The smallest absolute Gasteiger partial charge is 0.330 e. The molecule has 2 rings (SSSR count). The van der Waals surface area contributed by atoms with Crippen molar-refractivity contribution in [3.8, 4) is 0 Å². The fourth-order valence-corrected chi connectivity index (χ4v) is 2.51. The van der Waals surface area contributed by atoms with E-state index in [1.807, 2.05) is 0 Å². The summed E-state index contributed by atoms with van der Waals surface area (Å²) >= 11 is 12.4. The summed E-state index contributed by atoms with van der Waals surface area (Å²) in [5, 5.41) is 9.16. The van der Waals surface area contributed by atoms with Crippen LogP contribution in [0.15, 0.2) is 21.9 Å². The predicted octanol–water partition coefficient (Wildman–Crippen LogP) is 0.236. The molecule has 0 aliphatic carbocycles. The van der Waals surface area contributed by atoms with Crippen LogP contribution < -0.4 is 11.2 Å². The summed E-state index contributed by atoms with van der Waals surface area (Å²) in [6.07, 6.45) is -0.265. The zero-order valence-electron chi connectivity index (χ0n) is 9.47. The lowest BCUT2D eigenvalue weighted by Gasteiger charge is -2.24. The summed E-state index contributed by atoms with van der Waals surface area (Å²) in [6, 6.07) is 1.17. The first-order valence-electron chi connectivity index (χ1n) is 5.33. The molecule has 3 atom stereocenters. The summed E-state index contributed by atoms with van der Waals surface area (Å²) in [4.78, 5) is 24.7. The minimum absolute atomic E-state index is 0.253. The number of aromatic amines is 1. The topological polar surface area (TPSA) is 84.3 Å². The molecule has 0 aromatic carbocycles. The minimum Gasteiger partial charge on any atom is -0.394 e. The molecular weight excluding hydrogens is 283 g/mol. The maximum atomic E-state index is 11.7. The van der Waals surface area contributed by atoms with E-state index in [0.29, 0.717) is 0 Å². The Kier molecular flexibility index (Phi) is 3.55. The van der Waals surface area contributed by atoms with Crippen LogP contribution in [0, 0.1) is 5.92 Å². The molecule has 2 N–H and O–H groups in total. The number of nitrogens with one attached hydrogen (secondary N) is 1. The second-order valence-electron chi connectivity index (χ2n) is 4.19. The maximum absolute atomic E-state index is 11.7. The van der Waals surface area contributed by atoms with Crippen molar-refractivity contribution in [1.29, 1.82) is 0 Å². The number of rotatable bonds is 2. The number of hydrogen-bond acceptors (Lipinski definition) is 4. The van der Waals surface area contributed by atoms with Crippen LogP contribution in [0.5, 0.6) is 0 Å². The fourth-order valence-electron chi connectivity index (χ4n) is 1.91. The van der Waals surface area contributed by atoms with Crippen molar-refractivity contribution in [3.05, 3.63) is 33.1 Å². The van der Waals surface area contributed by atoms with E-state index >= 15 is 0 Å². The minimum atomic E-state index is -1.37. The monoisotopic (exact) mass is 294 g/mol. The molecule has 0 spiro atoms. The number of aromatic nitrogens is 2. The first kappa shape index (κ1) is 13.6. The third-order valence-corrected chi connectivity index (χ3v) is 4.14. The van der Waals surface area contributed by atoms with Crippen LogP contribution >= 0.6 is 23.2 Å². The Labute approximate surface area is 112 Å². The van der Waals surface area contributed by atoms with Gasteiger partial charge in [-0.2, -0.15) is 0 Å². The van der Waals surface area contributed by atoms with Gasteiger partial charge in [-0.25, -0.2) is 4.79 Å². The normalized spacial score (nSPS) is 30.6. The summed E-state index contributed by atoms with van der Waals surface area (Å²) < 4.78 is 5.21. The predicted molar refractivity (Wildman–Crippen MR) is 65.9 cm³/mol. The fraction of sp³-hybridized carbons (Fsp3) is 0.600. The summed E-state index contributed by atoms with van der Waals surface area (Å²) in [6.45, 7) is 1.47. The molecule has 1 aromatic rings. The van der Waals surface area contributed by atoms with E-state index in [1.54, 1.807) is 6.92 Å². The molecule has 0 amide bonds. The second-order valence-corrected chi connectivity index (χ2v) is 5.63. The van der Waals surface area contributed by atoms with Gasteiger partial charge < -0.3 is 9.84 Å². The van der Waals surface area contributed by atoms with Gasteiger partial charge in [0.15, 0.2) is 10.6 Å². The molecule has 1 fully saturated rings. The number of alkyl halides is 2. The Bertz CT molecular complexity index is 553. The van der Waals surface area contributed by atoms with Crippen molar-refractivity contribution in [1.82, 2.24) is 9.55 Å². The molecule has 18 heavy (non-hydrogen) atoms. The summed E-state index contributed by atoms with van der Waals surface area (Å²) in [5.74, 6) is -0.366. The van der Waals surface area contributed by atoms with E-state index in [1.165, 1.54) is 12.3 Å². The van der Waals surface area contributed by atoms with Crippen molar-refractivity contribution in [2.24, 2.45) is 5.92 Å². The first-order valence-corrected chi connectivity index (χ1v) is 6.09. The van der Waals surface area contributed by atoms with Crippen LogP contribution in [0.1, 0.15) is 13.2 Å². The lowest BCUT2D eigenvalue weighted by atomic mass is 10.0. The van der Waals surface area contributed by atoms with Gasteiger partial charge in [-0.15, -0.1) is 0 Å². The van der Waals surface area contributed by atoms with Crippen LogP contribution in [-0.4, -0.2) is 31.7 Å². The van der Waals surface area contributed by atoms with E-state index < -0.39 is 27.9 Å². The van der Waals surface area contributed by atoms with Gasteiger partial charge >= 0.3 is 5.69 Å². The Morgan fingerprint density at radius 2 is 2.22 bits per heavy atom. The van der Waals surface area contributed by atoms with Gasteiger partial charge in [0.2, 0.25) is 0 Å². The Balaban J connectivity index is 2.45. The molecular formula is C10H12Cl2N2O4. The quantitative estimate of drug-likeness (QED) is 0.765. The van der Waals surface area contributed by atoms with E-state index in [2.05, 4.69) is 4.98 Å². The molecule has 8 heteroatoms. The van der Waals surface area contributed by atoms with Gasteiger partial charge in [0.25, 0.3) is 5.56 Å². The highest BCUT2D eigenvalue weighted by Gasteiger charge is 2.53. The average Bonchev–Trinajstić information content (AvgIpc) is 2.52. The Morgan fingerprint density at radius 1 is 1.56 bits per heavy atom. The number of hydrogen-bond donors (Lipinski definition) is 2. The van der Waals surface area contributed by atoms with E-state index in [0.717, 1.165) is 4.57 Å². The summed E-state index contributed by atoms with van der Waals surface area (Å²) in [7, 11) is 0. The van der Waals surface area contributed by atoms with E-state index in [9.17, 15) is 9.59 Å². The van der Waals surface area contributed by atoms with Gasteiger partial charge in [-0.1, -0.05) is 30.1 Å². The molecule has 0 bridgehead atoms. The van der Waals surface area contributed by atoms with Crippen LogP contribution in [0.4, 0.5) is 0 Å². The van der Waals surface area contributed by atoms with Crippen molar-refractivity contribution >= 4 is 23.2 Å². The van der Waals surface area contributed by atoms with Crippen LogP contribution in [-0.2, 0) is 4.74 Å². The molecule has 6 nitrogen and oxygen atoms in total. The van der Waals surface area contributed by atoms with Crippen molar-refractivity contribution in [2.45, 2.75) is 23.6 Å². The molecule has 1 aromatic heterocycles. The van der Waals surface area contributed by atoms with Gasteiger partial charge in [0, 0.05) is 18.2 Å². The van der Waals surface area contributed by atoms with E-state index in [-0.39, 0.29) is 12.5 Å². The van der Waals surface area contributed by atoms with Crippen molar-refractivity contribution in [3.63, 3.8) is 0 Å². The average molecular weight is 295 g/mol. The van der Waals surface area contributed by atoms with Crippen molar-refractivity contribution < 1.29 is 9.84 Å². The lowest BCUT2D eigenvalue weighted by molar-refractivity contribution is -0.0324. The van der Waals surface area contributed by atoms with Gasteiger partial charge in [-0.05, 0) is 0 Å². The standard InChI is InChI=1S/C10H12Cl2N2O4/c1-5-6(4-15)18-8(10(5,11)12)14-3-2-7(16)13-9(14)17/h2-3,5-6,8,15H,4H2,1H3,(H,13,16,17)/t5-,6-,8-/m1/s1. The third-order valence-electron chi connectivity index (χ3n) is 3.08. The molecule has 2 heterocycles. The first-order chi connectivity index (χ1) is 8.37. The highest BCUT2D eigenvalue weighted by atomic mass is 35.5. The maximum Gasteiger partial charge on any atom is 0.330 e. The Morgan fingerprint density at radius 3 is 2.72 bits per heavy atom. The molecule has 100 valence electrons. The van der Waals surface area contributed by atoms with Crippen LogP contribution in [0.25, 0.3) is 0 Å². The molecule has 0 unspecified atom stereocenters. The van der Waals surface area contributed by atoms with Crippen molar-refractivity contribution in [2.75, 3.05) is 6.61 Å². The number of halogens is 2. The third kappa shape index (κ3) is 2.09. The highest BCUT2D eigenvalue weighted by molar-refractivity contribution is 6.49. The van der Waals surface area contributed by atoms with Crippen LogP contribution in [0.3, 0.4) is 0 Å². The van der Waals surface area contributed by atoms with Crippen LogP contribution in [0.2, 0.25) is 0 Å². The number of aliphatic hydroxyl groups excluding tert-OH is 1. The molecule has 0 radical (unpaired) electrons. The number of nitrogens with zero attached hydrogens (tertiary/aromatic N) is 1. The molecule has 0 saturated carbocycles. The number of H-pyrrole nitrogens is 1.